The smallest absolute Gasteiger partial charge is 0.309 e. The first-order valence-corrected chi connectivity index (χ1v) is 10.5. The van der Waals surface area contributed by atoms with Crippen molar-refractivity contribution >= 4 is 11.9 Å². The summed E-state index contributed by atoms with van der Waals surface area (Å²) in [7, 11) is 0. The fraction of sp³-hybridized carbons (Fsp3) is 0.500. The van der Waals surface area contributed by atoms with Crippen molar-refractivity contribution in [1.29, 1.82) is 0 Å². The number of hydrogen-bond acceptors (Lipinski definition) is 5. The minimum atomic E-state index is -0.949. The summed E-state index contributed by atoms with van der Waals surface area (Å²) < 4.78 is 32.1. The van der Waals surface area contributed by atoms with Crippen molar-refractivity contribution in [3.8, 4) is 11.3 Å². The third-order valence-corrected chi connectivity index (χ3v) is 6.50. The van der Waals surface area contributed by atoms with E-state index < -0.39 is 35.5 Å². The number of aromatic nitrogens is 1. The third kappa shape index (κ3) is 4.46. The molecule has 1 aromatic heterocycles. The van der Waals surface area contributed by atoms with Crippen molar-refractivity contribution in [2.75, 3.05) is 13.1 Å². The molecule has 2 aromatic rings. The van der Waals surface area contributed by atoms with Gasteiger partial charge in [0.1, 0.15) is 11.6 Å². The number of rotatable bonds is 5. The number of nitrogens with one attached hydrogen (secondary N) is 1. The number of halogens is 2. The highest BCUT2D eigenvalue weighted by Crippen LogP contribution is 2.32. The van der Waals surface area contributed by atoms with Gasteiger partial charge in [0.25, 0.3) is 5.91 Å². The summed E-state index contributed by atoms with van der Waals surface area (Å²) in [6.45, 7) is 3.31. The van der Waals surface area contributed by atoms with Crippen LogP contribution in [0, 0.1) is 23.5 Å². The van der Waals surface area contributed by atoms with E-state index in [4.69, 9.17) is 4.52 Å². The van der Waals surface area contributed by atoms with Crippen LogP contribution in [0.3, 0.4) is 0 Å². The lowest BCUT2D eigenvalue weighted by Crippen LogP contribution is -2.56. The molecule has 2 heterocycles. The number of carbonyl (C=O) groups is 2. The molecule has 4 atom stereocenters. The van der Waals surface area contributed by atoms with Crippen molar-refractivity contribution in [2.24, 2.45) is 11.8 Å². The highest BCUT2D eigenvalue weighted by atomic mass is 19.1. The SMILES string of the molecule is C[C@@H]1CCC[C@H]1N1CC[C@@H](NC(=O)c2cc(-c3ccc(F)cc3F)on2)[C@H](C(=O)O)C1. The Kier molecular flexibility index (Phi) is 6.04. The van der Waals surface area contributed by atoms with Crippen LogP contribution in [-0.2, 0) is 4.79 Å². The van der Waals surface area contributed by atoms with Crippen LogP contribution >= 0.6 is 0 Å². The predicted octanol–water partition coefficient (Wildman–Crippen LogP) is 3.31. The largest absolute Gasteiger partial charge is 0.481 e. The van der Waals surface area contributed by atoms with Gasteiger partial charge in [0.2, 0.25) is 0 Å². The predicted molar refractivity (Wildman–Crippen MR) is 107 cm³/mol. The molecular formula is C22H25F2N3O4. The van der Waals surface area contributed by atoms with Gasteiger partial charge in [0, 0.05) is 37.3 Å². The van der Waals surface area contributed by atoms with E-state index in [1.165, 1.54) is 12.1 Å². The zero-order valence-electron chi connectivity index (χ0n) is 17.2. The molecule has 0 bridgehead atoms. The van der Waals surface area contributed by atoms with Crippen molar-refractivity contribution in [2.45, 2.75) is 44.7 Å². The lowest BCUT2D eigenvalue weighted by molar-refractivity contribution is -0.145. The molecule has 2 fully saturated rings. The molecule has 4 rings (SSSR count). The number of aliphatic carboxylic acids is 1. The summed E-state index contributed by atoms with van der Waals surface area (Å²) in [5, 5.41) is 16.2. The normalized spacial score (nSPS) is 26.7. The first-order valence-electron chi connectivity index (χ1n) is 10.5. The van der Waals surface area contributed by atoms with E-state index in [9.17, 15) is 23.5 Å². The van der Waals surface area contributed by atoms with Crippen LogP contribution in [-0.4, -0.2) is 52.2 Å². The number of likely N-dealkylation sites (tertiary alicyclic amines) is 1. The molecule has 2 aliphatic rings. The molecule has 2 N–H and O–H groups in total. The van der Waals surface area contributed by atoms with Crippen LogP contribution < -0.4 is 5.32 Å². The molecule has 1 amide bonds. The van der Waals surface area contributed by atoms with Crippen LogP contribution in [0.2, 0.25) is 0 Å². The average Bonchev–Trinajstić information content (AvgIpc) is 3.37. The summed E-state index contributed by atoms with van der Waals surface area (Å²) in [4.78, 5) is 26.8. The van der Waals surface area contributed by atoms with Gasteiger partial charge in [-0.15, -0.1) is 0 Å². The van der Waals surface area contributed by atoms with E-state index in [2.05, 4.69) is 22.3 Å². The third-order valence-electron chi connectivity index (χ3n) is 6.50. The van der Waals surface area contributed by atoms with E-state index in [0.717, 1.165) is 25.3 Å². The topological polar surface area (TPSA) is 95.7 Å². The molecule has 1 aliphatic carbocycles. The number of carboxylic acids is 1. The Morgan fingerprint density at radius 3 is 2.71 bits per heavy atom. The number of hydrogen-bond donors (Lipinski definition) is 2. The fourth-order valence-corrected chi connectivity index (χ4v) is 4.81. The molecule has 0 spiro atoms. The van der Waals surface area contributed by atoms with Crippen molar-refractivity contribution in [3.05, 3.63) is 41.6 Å². The van der Waals surface area contributed by atoms with E-state index >= 15 is 0 Å². The van der Waals surface area contributed by atoms with E-state index in [0.29, 0.717) is 37.5 Å². The van der Waals surface area contributed by atoms with Crippen molar-refractivity contribution in [1.82, 2.24) is 15.4 Å². The first kappa shape index (κ1) is 21.4. The molecule has 0 unspecified atom stereocenters. The van der Waals surface area contributed by atoms with Gasteiger partial charge < -0.3 is 14.9 Å². The minimum absolute atomic E-state index is 0.0116. The maximum absolute atomic E-state index is 14.0. The number of nitrogens with zero attached hydrogens (tertiary/aromatic N) is 2. The van der Waals surface area contributed by atoms with E-state index in [1.807, 2.05) is 0 Å². The zero-order valence-corrected chi connectivity index (χ0v) is 17.2. The number of amides is 1. The van der Waals surface area contributed by atoms with Crippen molar-refractivity contribution < 1.29 is 28.0 Å². The Bertz CT molecular complexity index is 979. The number of piperidine rings is 1. The number of carbonyl (C=O) groups excluding carboxylic acids is 1. The lowest BCUT2D eigenvalue weighted by Gasteiger charge is -2.41. The quantitative estimate of drug-likeness (QED) is 0.751. The maximum atomic E-state index is 14.0. The number of carboxylic acid groups (broad SMARTS) is 1. The zero-order chi connectivity index (χ0) is 22.1. The van der Waals surface area contributed by atoms with E-state index in [-0.39, 0.29) is 17.0 Å². The van der Waals surface area contributed by atoms with Crippen LogP contribution in [0.5, 0.6) is 0 Å². The second kappa shape index (κ2) is 8.74. The minimum Gasteiger partial charge on any atom is -0.481 e. The molecule has 31 heavy (non-hydrogen) atoms. The monoisotopic (exact) mass is 433 g/mol. The summed E-state index contributed by atoms with van der Waals surface area (Å²) in [5.74, 6) is -3.29. The summed E-state index contributed by atoms with van der Waals surface area (Å²) in [6, 6.07) is 4.11. The molecule has 1 aliphatic heterocycles. The van der Waals surface area contributed by atoms with Gasteiger partial charge in [-0.1, -0.05) is 18.5 Å². The van der Waals surface area contributed by atoms with Gasteiger partial charge in [-0.2, -0.15) is 0 Å². The fourth-order valence-electron chi connectivity index (χ4n) is 4.81. The highest BCUT2D eigenvalue weighted by Gasteiger charge is 2.40. The second-order valence-corrected chi connectivity index (χ2v) is 8.48. The van der Waals surface area contributed by atoms with E-state index in [1.54, 1.807) is 0 Å². The van der Waals surface area contributed by atoms with Crippen LogP contribution in [0.15, 0.2) is 28.8 Å². The Labute approximate surface area is 178 Å². The molecule has 1 saturated carbocycles. The Morgan fingerprint density at radius 1 is 1.23 bits per heavy atom. The highest BCUT2D eigenvalue weighted by molar-refractivity contribution is 5.93. The molecule has 7 nitrogen and oxygen atoms in total. The summed E-state index contributed by atoms with van der Waals surface area (Å²) in [5.41, 5.74) is -0.106. The maximum Gasteiger partial charge on any atom is 0.309 e. The Morgan fingerprint density at radius 2 is 2.03 bits per heavy atom. The lowest BCUT2D eigenvalue weighted by atomic mass is 9.89. The van der Waals surface area contributed by atoms with Crippen LogP contribution in [0.25, 0.3) is 11.3 Å². The summed E-state index contributed by atoms with van der Waals surface area (Å²) >= 11 is 0. The van der Waals surface area contributed by atoms with Crippen LogP contribution in [0.1, 0.15) is 43.1 Å². The first-order chi connectivity index (χ1) is 14.8. The Balaban J connectivity index is 1.44. The standard InChI is InChI=1S/C22H25F2N3O4/c1-12-3-2-4-19(12)27-8-7-17(15(11-27)22(29)30)25-21(28)18-10-20(31-26-18)14-6-5-13(23)9-16(14)24/h5-6,9-10,12,15,17,19H,2-4,7-8,11H2,1H3,(H,25,28)(H,29,30)/t12-,15-,17-,19-/m1/s1. The van der Waals surface area contributed by atoms with Gasteiger partial charge >= 0.3 is 5.97 Å². The van der Waals surface area contributed by atoms with Gasteiger partial charge in [0.15, 0.2) is 11.5 Å². The average molecular weight is 433 g/mol. The molecular weight excluding hydrogens is 408 g/mol. The van der Waals surface area contributed by atoms with Gasteiger partial charge in [-0.05, 0) is 37.3 Å². The number of benzene rings is 1. The van der Waals surface area contributed by atoms with Gasteiger partial charge in [0.05, 0.1) is 11.5 Å². The molecule has 166 valence electrons. The molecule has 0 radical (unpaired) electrons. The second-order valence-electron chi connectivity index (χ2n) is 8.48. The van der Waals surface area contributed by atoms with Gasteiger partial charge in [-0.3, -0.25) is 14.5 Å². The molecule has 9 heteroatoms. The molecule has 1 aromatic carbocycles. The summed E-state index contributed by atoms with van der Waals surface area (Å²) in [6.07, 6.45) is 3.90. The van der Waals surface area contributed by atoms with Crippen molar-refractivity contribution in [3.63, 3.8) is 0 Å². The van der Waals surface area contributed by atoms with Gasteiger partial charge in [-0.25, -0.2) is 8.78 Å². The molecule has 1 saturated heterocycles. The van der Waals surface area contributed by atoms with Crippen LogP contribution in [0.4, 0.5) is 8.78 Å². The Hall–Kier alpha value is -2.81.